The SMILES string of the molecule is CCCCOc1nc(C)cc(C)c1CN1CCc2c(Br)cc(OC(C)C)c(Cl)c2C1=O. The maximum atomic E-state index is 13.5. The first-order valence-corrected chi connectivity index (χ1v) is 12.0. The van der Waals surface area contributed by atoms with Crippen molar-refractivity contribution in [3.05, 3.63) is 49.6 Å². The minimum absolute atomic E-state index is 0.0404. The Labute approximate surface area is 198 Å². The number of hydrogen-bond acceptors (Lipinski definition) is 4. The monoisotopic (exact) mass is 508 g/mol. The predicted octanol–water partition coefficient (Wildman–Crippen LogP) is 6.28. The zero-order valence-corrected chi connectivity index (χ0v) is 21.2. The fourth-order valence-corrected chi connectivity index (χ4v) is 4.65. The third-order valence-electron chi connectivity index (χ3n) is 5.30. The van der Waals surface area contributed by atoms with E-state index in [1.807, 2.05) is 44.7 Å². The van der Waals surface area contributed by atoms with Gasteiger partial charge in [0.05, 0.1) is 29.8 Å². The number of carbonyl (C=O) groups is 1. The fraction of sp³-hybridized carbons (Fsp3) is 0.500. The maximum absolute atomic E-state index is 13.5. The average Bonchev–Trinajstić information content (AvgIpc) is 2.69. The predicted molar refractivity (Wildman–Crippen MR) is 127 cm³/mol. The third kappa shape index (κ3) is 5.35. The molecule has 0 bridgehead atoms. The Balaban J connectivity index is 1.93. The molecule has 3 rings (SSSR count). The highest BCUT2D eigenvalue weighted by molar-refractivity contribution is 9.10. The lowest BCUT2D eigenvalue weighted by Gasteiger charge is -2.31. The lowest BCUT2D eigenvalue weighted by Crippen LogP contribution is -2.38. The number of aryl methyl sites for hydroxylation is 2. The number of halogens is 2. The molecule has 2 aromatic rings. The molecule has 1 aliphatic rings. The van der Waals surface area contributed by atoms with Gasteiger partial charge in [-0.25, -0.2) is 4.98 Å². The van der Waals surface area contributed by atoms with Crippen molar-refractivity contribution < 1.29 is 14.3 Å². The Bertz CT molecular complexity index is 978. The van der Waals surface area contributed by atoms with E-state index in [-0.39, 0.29) is 12.0 Å². The van der Waals surface area contributed by atoms with E-state index in [1.165, 1.54) is 0 Å². The quantitative estimate of drug-likeness (QED) is 0.393. The molecule has 0 fully saturated rings. The van der Waals surface area contributed by atoms with E-state index in [2.05, 4.69) is 27.8 Å². The second kappa shape index (κ2) is 10.2. The first kappa shape index (κ1) is 23.9. The number of fused-ring (bicyclic) bond motifs is 1. The zero-order chi connectivity index (χ0) is 22.7. The van der Waals surface area contributed by atoms with Gasteiger partial charge in [-0.2, -0.15) is 0 Å². The molecule has 5 nitrogen and oxygen atoms in total. The number of pyridine rings is 1. The summed E-state index contributed by atoms with van der Waals surface area (Å²) in [5, 5.41) is 0.375. The van der Waals surface area contributed by atoms with Crippen LogP contribution in [0.15, 0.2) is 16.6 Å². The molecule has 0 unspecified atom stereocenters. The van der Waals surface area contributed by atoms with Gasteiger partial charge in [-0.05, 0) is 63.8 Å². The molecule has 31 heavy (non-hydrogen) atoms. The van der Waals surface area contributed by atoms with Crippen molar-refractivity contribution in [3.63, 3.8) is 0 Å². The normalized spacial score (nSPS) is 13.5. The van der Waals surface area contributed by atoms with Crippen molar-refractivity contribution in [1.82, 2.24) is 9.88 Å². The van der Waals surface area contributed by atoms with Crippen molar-refractivity contribution in [2.75, 3.05) is 13.2 Å². The van der Waals surface area contributed by atoms with Crippen LogP contribution in [0.5, 0.6) is 11.6 Å². The Kier molecular flexibility index (Phi) is 7.87. The Morgan fingerprint density at radius 3 is 2.71 bits per heavy atom. The molecule has 0 radical (unpaired) electrons. The van der Waals surface area contributed by atoms with Gasteiger partial charge in [-0.1, -0.05) is 40.9 Å². The van der Waals surface area contributed by atoms with Crippen molar-refractivity contribution in [1.29, 1.82) is 0 Å². The van der Waals surface area contributed by atoms with E-state index >= 15 is 0 Å². The summed E-state index contributed by atoms with van der Waals surface area (Å²) < 4.78 is 12.7. The largest absolute Gasteiger partial charge is 0.489 e. The number of nitrogens with zero attached hydrogens (tertiary/aromatic N) is 2. The highest BCUT2D eigenvalue weighted by atomic mass is 79.9. The summed E-state index contributed by atoms with van der Waals surface area (Å²) in [5.41, 5.74) is 4.38. The number of amides is 1. The second-order valence-electron chi connectivity index (χ2n) is 8.23. The molecule has 0 N–H and O–H groups in total. The van der Waals surface area contributed by atoms with Crippen molar-refractivity contribution in [2.24, 2.45) is 0 Å². The molecular weight excluding hydrogens is 480 g/mol. The summed E-state index contributed by atoms with van der Waals surface area (Å²) in [4.78, 5) is 19.9. The average molecular weight is 510 g/mol. The molecule has 7 heteroatoms. The van der Waals surface area contributed by atoms with E-state index < -0.39 is 0 Å². The molecule has 0 spiro atoms. The summed E-state index contributed by atoms with van der Waals surface area (Å²) in [6.07, 6.45) is 2.69. The Morgan fingerprint density at radius 1 is 1.29 bits per heavy atom. The third-order valence-corrected chi connectivity index (χ3v) is 6.39. The minimum atomic E-state index is -0.0966. The summed E-state index contributed by atoms with van der Waals surface area (Å²) >= 11 is 10.2. The Hall–Kier alpha value is -1.79. The Morgan fingerprint density at radius 2 is 2.03 bits per heavy atom. The molecule has 0 saturated carbocycles. The van der Waals surface area contributed by atoms with E-state index in [4.69, 9.17) is 21.1 Å². The summed E-state index contributed by atoms with van der Waals surface area (Å²) in [5.74, 6) is 1.05. The standard InChI is InChI=1S/C24H30BrClN2O3/c1-6-7-10-30-23-18(15(4)11-16(5)27-23)13-28-9-8-17-19(25)12-20(31-14(2)3)22(26)21(17)24(28)29/h11-12,14H,6-10,13H2,1-5H3. The lowest BCUT2D eigenvalue weighted by molar-refractivity contribution is 0.0724. The van der Waals surface area contributed by atoms with Crippen LogP contribution in [0.2, 0.25) is 5.02 Å². The van der Waals surface area contributed by atoms with Crippen LogP contribution >= 0.6 is 27.5 Å². The molecule has 168 valence electrons. The van der Waals surface area contributed by atoms with Crippen LogP contribution < -0.4 is 9.47 Å². The van der Waals surface area contributed by atoms with Crippen molar-refractivity contribution >= 4 is 33.4 Å². The van der Waals surface area contributed by atoms with E-state index in [9.17, 15) is 4.79 Å². The first-order chi connectivity index (χ1) is 14.7. The topological polar surface area (TPSA) is 51.7 Å². The summed E-state index contributed by atoms with van der Waals surface area (Å²) in [7, 11) is 0. The van der Waals surface area contributed by atoms with E-state index in [0.29, 0.717) is 48.3 Å². The van der Waals surface area contributed by atoms with E-state index in [1.54, 1.807) is 0 Å². The van der Waals surface area contributed by atoms with Crippen molar-refractivity contribution in [3.8, 4) is 11.6 Å². The van der Waals surface area contributed by atoms with Gasteiger partial charge in [0.2, 0.25) is 5.88 Å². The fourth-order valence-electron chi connectivity index (χ4n) is 3.75. The van der Waals surface area contributed by atoms with Crippen LogP contribution in [0, 0.1) is 13.8 Å². The molecule has 1 aliphatic heterocycles. The number of ether oxygens (including phenoxy) is 2. The van der Waals surface area contributed by atoms with Gasteiger partial charge in [0, 0.05) is 22.3 Å². The summed E-state index contributed by atoms with van der Waals surface area (Å²) in [6.45, 7) is 11.6. The van der Waals surface area contributed by atoms with Crippen LogP contribution in [0.1, 0.15) is 66.4 Å². The number of hydrogen-bond donors (Lipinski definition) is 0. The number of aromatic nitrogens is 1. The smallest absolute Gasteiger partial charge is 0.256 e. The van der Waals surface area contributed by atoms with Gasteiger partial charge in [-0.15, -0.1) is 0 Å². The van der Waals surface area contributed by atoms with Crippen LogP contribution in [0.4, 0.5) is 0 Å². The highest BCUT2D eigenvalue weighted by Gasteiger charge is 2.31. The molecule has 1 aromatic heterocycles. The van der Waals surface area contributed by atoms with Gasteiger partial charge in [0.15, 0.2) is 0 Å². The maximum Gasteiger partial charge on any atom is 0.256 e. The molecule has 1 aromatic carbocycles. The van der Waals surface area contributed by atoms with Crippen LogP contribution in [0.25, 0.3) is 0 Å². The first-order valence-electron chi connectivity index (χ1n) is 10.8. The summed E-state index contributed by atoms with van der Waals surface area (Å²) in [6, 6.07) is 3.89. The molecule has 0 saturated heterocycles. The highest BCUT2D eigenvalue weighted by Crippen LogP contribution is 2.40. The zero-order valence-electron chi connectivity index (χ0n) is 18.8. The van der Waals surface area contributed by atoms with Crippen molar-refractivity contribution in [2.45, 2.75) is 66.5 Å². The number of unbranched alkanes of at least 4 members (excludes halogenated alkanes) is 1. The number of rotatable bonds is 8. The second-order valence-corrected chi connectivity index (χ2v) is 9.47. The van der Waals surface area contributed by atoms with E-state index in [0.717, 1.165) is 39.7 Å². The molecule has 0 atom stereocenters. The van der Waals surface area contributed by atoms with Crippen LogP contribution in [-0.4, -0.2) is 35.0 Å². The van der Waals surface area contributed by atoms with Gasteiger partial charge < -0.3 is 14.4 Å². The minimum Gasteiger partial charge on any atom is -0.489 e. The van der Waals surface area contributed by atoms with Crippen LogP contribution in [0.3, 0.4) is 0 Å². The molecule has 2 heterocycles. The van der Waals surface area contributed by atoms with Crippen LogP contribution in [-0.2, 0) is 13.0 Å². The van der Waals surface area contributed by atoms with Gasteiger partial charge in [-0.3, -0.25) is 4.79 Å². The molecule has 0 aliphatic carbocycles. The molecular formula is C24H30BrClN2O3. The number of benzene rings is 1. The van der Waals surface area contributed by atoms with Gasteiger partial charge in [0.25, 0.3) is 5.91 Å². The van der Waals surface area contributed by atoms with Gasteiger partial charge >= 0.3 is 0 Å². The number of carbonyl (C=O) groups excluding carboxylic acids is 1. The molecule has 1 amide bonds. The van der Waals surface area contributed by atoms with Gasteiger partial charge in [0.1, 0.15) is 5.75 Å². The lowest BCUT2D eigenvalue weighted by atomic mass is 9.97.